The van der Waals surface area contributed by atoms with E-state index < -0.39 is 29.6 Å². The van der Waals surface area contributed by atoms with E-state index in [1.807, 2.05) is 0 Å². The molecule has 0 aromatic heterocycles. The molecule has 0 radical (unpaired) electrons. The Morgan fingerprint density at radius 1 is 1.24 bits per heavy atom. The van der Waals surface area contributed by atoms with Crippen molar-refractivity contribution in [3.8, 4) is 17.2 Å². The van der Waals surface area contributed by atoms with Crippen LogP contribution in [0.3, 0.4) is 0 Å². The number of alkyl halides is 3. The maximum absolute atomic E-state index is 14.0. The summed E-state index contributed by atoms with van der Waals surface area (Å²) < 4.78 is 69.8. The molecule has 29 heavy (non-hydrogen) atoms. The molecule has 1 aliphatic heterocycles. The van der Waals surface area contributed by atoms with Crippen LogP contribution in [0.4, 0.5) is 17.6 Å². The number of benzene rings is 2. The largest absolute Gasteiger partial charge is 0.475 e. The molecule has 0 spiro atoms. The summed E-state index contributed by atoms with van der Waals surface area (Å²) in [4.78, 5) is 11.9. The summed E-state index contributed by atoms with van der Waals surface area (Å²) in [5, 5.41) is -0.0143. The summed E-state index contributed by atoms with van der Waals surface area (Å²) in [5.41, 5.74) is -0.572. The first-order valence-corrected chi connectivity index (χ1v) is 9.35. The van der Waals surface area contributed by atoms with Gasteiger partial charge in [-0.3, -0.25) is 0 Å². The molecule has 0 fully saturated rings. The lowest BCUT2D eigenvalue weighted by Gasteiger charge is -2.28. The van der Waals surface area contributed by atoms with Crippen molar-refractivity contribution in [2.45, 2.75) is 19.2 Å². The van der Waals surface area contributed by atoms with E-state index in [1.165, 1.54) is 25.1 Å². The number of esters is 1. The van der Waals surface area contributed by atoms with Gasteiger partial charge in [0.2, 0.25) is 6.10 Å². The van der Waals surface area contributed by atoms with E-state index in [0.717, 1.165) is 18.2 Å². The number of ether oxygens (including phenoxy) is 3. The van der Waals surface area contributed by atoms with E-state index in [2.05, 4.69) is 20.7 Å². The zero-order valence-corrected chi connectivity index (χ0v) is 17.0. The normalized spacial score (nSPS) is 15.8. The van der Waals surface area contributed by atoms with Crippen molar-refractivity contribution in [2.75, 3.05) is 6.61 Å². The van der Waals surface area contributed by atoms with E-state index in [1.54, 1.807) is 0 Å². The molecule has 2 aromatic carbocycles. The van der Waals surface area contributed by atoms with Gasteiger partial charge in [0.1, 0.15) is 11.5 Å². The summed E-state index contributed by atoms with van der Waals surface area (Å²) in [5.74, 6) is -2.36. The Hall–Kier alpha value is -2.26. The quantitative estimate of drug-likeness (QED) is 0.369. The highest BCUT2D eigenvalue weighted by Crippen LogP contribution is 2.43. The predicted molar refractivity (Wildman–Crippen MR) is 101 cm³/mol. The van der Waals surface area contributed by atoms with Crippen LogP contribution < -0.4 is 9.47 Å². The predicted octanol–water partition coefficient (Wildman–Crippen LogP) is 6.30. The molecule has 0 amide bonds. The van der Waals surface area contributed by atoms with Crippen LogP contribution in [0.1, 0.15) is 12.5 Å². The van der Waals surface area contributed by atoms with Crippen molar-refractivity contribution < 1.29 is 36.6 Å². The molecular weight excluding hydrogens is 484 g/mol. The first-order chi connectivity index (χ1) is 13.6. The minimum absolute atomic E-state index is 0.0143. The van der Waals surface area contributed by atoms with Crippen LogP contribution >= 0.6 is 27.5 Å². The lowest BCUT2D eigenvalue weighted by Crippen LogP contribution is -2.40. The van der Waals surface area contributed by atoms with Gasteiger partial charge in [-0.15, -0.1) is 0 Å². The van der Waals surface area contributed by atoms with Gasteiger partial charge in [0.05, 0.1) is 17.2 Å². The summed E-state index contributed by atoms with van der Waals surface area (Å²) in [6, 6.07) is 6.37. The van der Waals surface area contributed by atoms with Crippen LogP contribution in [-0.4, -0.2) is 24.9 Å². The van der Waals surface area contributed by atoms with Gasteiger partial charge < -0.3 is 14.2 Å². The topological polar surface area (TPSA) is 44.8 Å². The molecule has 1 aliphatic rings. The molecule has 2 aromatic rings. The minimum Gasteiger partial charge on any atom is -0.475 e. The van der Waals surface area contributed by atoms with Gasteiger partial charge in [-0.2, -0.15) is 13.2 Å². The Bertz CT molecular complexity index is 991. The Morgan fingerprint density at radius 3 is 2.59 bits per heavy atom. The molecule has 1 heterocycles. The van der Waals surface area contributed by atoms with Crippen LogP contribution in [0.15, 0.2) is 40.4 Å². The average Bonchev–Trinajstić information content (AvgIpc) is 2.63. The molecule has 1 unspecified atom stereocenters. The van der Waals surface area contributed by atoms with Gasteiger partial charge in [-0.25, -0.2) is 9.18 Å². The molecule has 0 saturated heterocycles. The van der Waals surface area contributed by atoms with Crippen molar-refractivity contribution >= 4 is 39.6 Å². The highest BCUT2D eigenvalue weighted by Gasteiger charge is 2.49. The zero-order chi connectivity index (χ0) is 21.3. The van der Waals surface area contributed by atoms with Crippen LogP contribution in [0.2, 0.25) is 5.02 Å². The van der Waals surface area contributed by atoms with E-state index in [4.69, 9.17) is 21.1 Å². The molecule has 0 N–H and O–H groups in total. The standard InChI is InChI=1S/C19H12BrClF4O4/c1-2-27-18(26)11-5-9-6-12(21)16(8-15(9)29-17(11)19(23,24)25)28-14-4-3-10(20)7-13(14)22/h3-8,17H,2H2,1H3. The SMILES string of the molecule is CCOC(=O)C1=Cc2cc(Cl)c(Oc3ccc(Br)cc3F)cc2OC1C(F)(F)F. The lowest BCUT2D eigenvalue weighted by molar-refractivity contribution is -0.187. The van der Waals surface area contributed by atoms with Gasteiger partial charge in [-0.1, -0.05) is 27.5 Å². The van der Waals surface area contributed by atoms with Gasteiger partial charge in [-0.05, 0) is 37.3 Å². The third-order valence-corrected chi connectivity index (χ3v) is 4.61. The van der Waals surface area contributed by atoms with Crippen LogP contribution in [0, 0.1) is 5.82 Å². The van der Waals surface area contributed by atoms with Gasteiger partial charge in [0, 0.05) is 16.1 Å². The monoisotopic (exact) mass is 494 g/mol. The smallest absolute Gasteiger partial charge is 0.430 e. The Kier molecular flexibility index (Phi) is 6.09. The maximum Gasteiger partial charge on any atom is 0.430 e. The molecule has 1 atom stereocenters. The van der Waals surface area contributed by atoms with E-state index in [9.17, 15) is 22.4 Å². The summed E-state index contributed by atoms with van der Waals surface area (Å²) in [6.45, 7) is 1.38. The van der Waals surface area contributed by atoms with Gasteiger partial charge in [0.25, 0.3) is 0 Å². The van der Waals surface area contributed by atoms with E-state index >= 15 is 0 Å². The van der Waals surface area contributed by atoms with Crippen molar-refractivity contribution in [3.05, 3.63) is 56.8 Å². The molecule has 0 aliphatic carbocycles. The summed E-state index contributed by atoms with van der Waals surface area (Å²) in [6.07, 6.45) is -6.38. The molecule has 3 rings (SSSR count). The molecular formula is C19H12BrClF4O4. The maximum atomic E-state index is 14.0. The average molecular weight is 496 g/mol. The number of halogens is 6. The zero-order valence-electron chi connectivity index (χ0n) is 14.6. The van der Waals surface area contributed by atoms with Gasteiger partial charge >= 0.3 is 12.1 Å². The lowest BCUT2D eigenvalue weighted by atomic mass is 10.0. The Labute approximate surface area is 176 Å². The third kappa shape index (κ3) is 4.67. The van der Waals surface area contributed by atoms with Crippen LogP contribution in [0.25, 0.3) is 6.08 Å². The molecule has 0 saturated carbocycles. The van der Waals surface area contributed by atoms with E-state index in [0.29, 0.717) is 4.47 Å². The summed E-state index contributed by atoms with van der Waals surface area (Å²) in [7, 11) is 0. The Balaban J connectivity index is 2.01. The van der Waals surface area contributed by atoms with Crippen molar-refractivity contribution in [1.82, 2.24) is 0 Å². The van der Waals surface area contributed by atoms with Gasteiger partial charge in [0.15, 0.2) is 11.6 Å². The number of rotatable bonds is 4. The molecule has 10 heteroatoms. The number of hydrogen-bond acceptors (Lipinski definition) is 4. The minimum atomic E-state index is -4.87. The van der Waals surface area contributed by atoms with Crippen LogP contribution in [-0.2, 0) is 9.53 Å². The molecule has 0 bridgehead atoms. The first kappa shape index (κ1) is 21.4. The number of carbonyl (C=O) groups excluding carboxylic acids is 1. The highest BCUT2D eigenvalue weighted by atomic mass is 79.9. The van der Waals surface area contributed by atoms with Crippen molar-refractivity contribution in [3.63, 3.8) is 0 Å². The second kappa shape index (κ2) is 8.23. The van der Waals surface area contributed by atoms with E-state index in [-0.39, 0.29) is 34.4 Å². The molecule has 154 valence electrons. The fourth-order valence-electron chi connectivity index (χ4n) is 2.58. The summed E-state index contributed by atoms with van der Waals surface area (Å²) >= 11 is 9.24. The Morgan fingerprint density at radius 2 is 1.97 bits per heavy atom. The second-order valence-electron chi connectivity index (χ2n) is 5.86. The fourth-order valence-corrected chi connectivity index (χ4v) is 3.12. The number of hydrogen-bond donors (Lipinski definition) is 0. The van der Waals surface area contributed by atoms with Crippen molar-refractivity contribution in [1.29, 1.82) is 0 Å². The fraction of sp³-hybridized carbons (Fsp3) is 0.211. The highest BCUT2D eigenvalue weighted by molar-refractivity contribution is 9.10. The first-order valence-electron chi connectivity index (χ1n) is 8.18. The van der Waals surface area contributed by atoms with Crippen molar-refractivity contribution in [2.24, 2.45) is 0 Å². The third-order valence-electron chi connectivity index (χ3n) is 3.82. The molecule has 4 nitrogen and oxygen atoms in total. The number of carbonyl (C=O) groups is 1. The second-order valence-corrected chi connectivity index (χ2v) is 7.18. The number of fused-ring (bicyclic) bond motifs is 1. The van der Waals surface area contributed by atoms with Crippen LogP contribution in [0.5, 0.6) is 17.2 Å².